The summed E-state index contributed by atoms with van der Waals surface area (Å²) in [6, 6.07) is 7.50. The number of rotatable bonds is 9. The van der Waals surface area contributed by atoms with Gasteiger partial charge in [0.2, 0.25) is 0 Å². The first-order chi connectivity index (χ1) is 14.0. The predicted octanol–water partition coefficient (Wildman–Crippen LogP) is 3.47. The summed E-state index contributed by atoms with van der Waals surface area (Å²) in [4.78, 5) is 29.9. The van der Waals surface area contributed by atoms with Gasteiger partial charge in [-0.3, -0.25) is 14.5 Å². The van der Waals surface area contributed by atoms with E-state index in [1.54, 1.807) is 0 Å². The highest BCUT2D eigenvalue weighted by molar-refractivity contribution is 6.35. The number of imide groups is 1. The zero-order valence-electron chi connectivity index (χ0n) is 17.8. The number of ether oxygens (including phenoxy) is 2. The van der Waals surface area contributed by atoms with Crippen molar-refractivity contribution in [2.75, 3.05) is 32.8 Å². The van der Waals surface area contributed by atoms with Gasteiger partial charge >= 0.3 is 0 Å². The highest BCUT2D eigenvalue weighted by Crippen LogP contribution is 2.34. The van der Waals surface area contributed by atoms with Crippen molar-refractivity contribution in [1.82, 2.24) is 9.80 Å². The number of carbonyl (C=O) groups excluding carboxylic acids is 2. The Morgan fingerprint density at radius 2 is 1.69 bits per heavy atom. The molecular formula is C23H32N2O4. The van der Waals surface area contributed by atoms with Crippen LogP contribution in [0.2, 0.25) is 0 Å². The maximum atomic E-state index is 13.2. The summed E-state index contributed by atoms with van der Waals surface area (Å²) in [6.07, 6.45) is 3.99. The van der Waals surface area contributed by atoms with Crippen LogP contribution in [0.25, 0.3) is 5.57 Å². The van der Waals surface area contributed by atoms with Crippen molar-refractivity contribution in [3.63, 3.8) is 0 Å². The minimum Gasteiger partial charge on any atom is -0.491 e. The van der Waals surface area contributed by atoms with Gasteiger partial charge in [0.15, 0.2) is 0 Å². The number of hydrogen-bond acceptors (Lipinski definition) is 5. The molecule has 2 heterocycles. The summed E-state index contributed by atoms with van der Waals surface area (Å²) in [5.74, 6) is 0.379. The van der Waals surface area contributed by atoms with E-state index in [0.717, 1.165) is 37.2 Å². The quantitative estimate of drug-likeness (QED) is 0.469. The second-order valence-electron chi connectivity index (χ2n) is 7.77. The summed E-state index contributed by atoms with van der Waals surface area (Å²) in [6.45, 7) is 9.09. The molecular weight excluding hydrogens is 368 g/mol. The lowest BCUT2D eigenvalue weighted by Gasteiger charge is -2.29. The Kier molecular flexibility index (Phi) is 7.31. The lowest BCUT2D eigenvalue weighted by atomic mass is 10.0. The molecule has 2 aliphatic rings. The molecule has 0 radical (unpaired) electrons. The van der Waals surface area contributed by atoms with Crippen LogP contribution in [-0.4, -0.2) is 60.6 Å². The molecule has 1 saturated heterocycles. The van der Waals surface area contributed by atoms with Crippen LogP contribution in [0, 0.1) is 0 Å². The molecule has 0 spiro atoms. The highest BCUT2D eigenvalue weighted by Gasteiger charge is 2.41. The molecule has 0 N–H and O–H groups in total. The smallest absolute Gasteiger partial charge is 0.277 e. The molecule has 0 atom stereocenters. The molecule has 0 bridgehead atoms. The zero-order chi connectivity index (χ0) is 20.8. The average Bonchev–Trinajstić information content (AvgIpc) is 2.96. The first kappa shape index (κ1) is 21.4. The van der Waals surface area contributed by atoms with Crippen LogP contribution in [0.5, 0.6) is 5.75 Å². The Hall–Kier alpha value is -2.34. The number of carbonyl (C=O) groups is 2. The Bertz CT molecular complexity index is 749. The van der Waals surface area contributed by atoms with E-state index in [-0.39, 0.29) is 17.9 Å². The standard InChI is InChI=1S/C23H32N2O4/c1-4-28-16-8-15-25-22(26)20(18-9-11-19(12-10-18)29-17(2)3)21(23(25)27)24-13-6-5-7-14-24/h9-12,17H,4-8,13-16H2,1-3H3. The third-order valence-electron chi connectivity index (χ3n) is 5.21. The predicted molar refractivity (Wildman–Crippen MR) is 112 cm³/mol. The van der Waals surface area contributed by atoms with Gasteiger partial charge in [-0.05, 0) is 64.2 Å². The highest BCUT2D eigenvalue weighted by atomic mass is 16.5. The van der Waals surface area contributed by atoms with Gasteiger partial charge in [-0.1, -0.05) is 12.1 Å². The van der Waals surface area contributed by atoms with E-state index in [1.807, 2.05) is 45.0 Å². The van der Waals surface area contributed by atoms with Crippen LogP contribution < -0.4 is 4.74 Å². The van der Waals surface area contributed by atoms with Crippen LogP contribution in [0.4, 0.5) is 0 Å². The second kappa shape index (κ2) is 9.92. The first-order valence-corrected chi connectivity index (χ1v) is 10.7. The molecule has 158 valence electrons. The largest absolute Gasteiger partial charge is 0.491 e. The fraction of sp³-hybridized carbons (Fsp3) is 0.565. The van der Waals surface area contributed by atoms with Crippen LogP contribution in [-0.2, 0) is 14.3 Å². The van der Waals surface area contributed by atoms with E-state index in [4.69, 9.17) is 9.47 Å². The number of amides is 2. The number of benzene rings is 1. The van der Waals surface area contributed by atoms with E-state index in [2.05, 4.69) is 4.90 Å². The maximum Gasteiger partial charge on any atom is 0.277 e. The van der Waals surface area contributed by atoms with E-state index < -0.39 is 0 Å². The molecule has 3 rings (SSSR count). The second-order valence-corrected chi connectivity index (χ2v) is 7.77. The van der Waals surface area contributed by atoms with Crippen LogP contribution in [0.3, 0.4) is 0 Å². The number of hydrogen-bond donors (Lipinski definition) is 0. The minimum absolute atomic E-state index is 0.0829. The molecule has 1 aromatic rings. The zero-order valence-corrected chi connectivity index (χ0v) is 17.8. The molecule has 29 heavy (non-hydrogen) atoms. The van der Waals surface area contributed by atoms with Gasteiger partial charge in [0.25, 0.3) is 11.8 Å². The monoisotopic (exact) mass is 400 g/mol. The topological polar surface area (TPSA) is 59.1 Å². The summed E-state index contributed by atoms with van der Waals surface area (Å²) in [5.41, 5.74) is 1.85. The lowest BCUT2D eigenvalue weighted by Crippen LogP contribution is -2.37. The number of piperidine rings is 1. The summed E-state index contributed by atoms with van der Waals surface area (Å²) >= 11 is 0. The van der Waals surface area contributed by atoms with Gasteiger partial charge in [0, 0.05) is 32.8 Å². The number of nitrogens with zero attached hydrogens (tertiary/aromatic N) is 2. The van der Waals surface area contributed by atoms with Crippen molar-refractivity contribution in [2.24, 2.45) is 0 Å². The molecule has 0 aromatic heterocycles. The molecule has 0 saturated carbocycles. The molecule has 0 aliphatic carbocycles. The Morgan fingerprint density at radius 3 is 2.31 bits per heavy atom. The van der Waals surface area contributed by atoms with E-state index >= 15 is 0 Å². The molecule has 6 heteroatoms. The van der Waals surface area contributed by atoms with Crippen LogP contribution >= 0.6 is 0 Å². The third kappa shape index (κ3) is 4.99. The van der Waals surface area contributed by atoms with Crippen molar-refractivity contribution < 1.29 is 19.1 Å². The normalized spacial score (nSPS) is 17.7. The summed E-state index contributed by atoms with van der Waals surface area (Å²) < 4.78 is 11.1. The van der Waals surface area contributed by atoms with Crippen molar-refractivity contribution in [3.05, 3.63) is 35.5 Å². The Balaban J connectivity index is 1.88. The fourth-order valence-electron chi connectivity index (χ4n) is 3.88. The van der Waals surface area contributed by atoms with Crippen molar-refractivity contribution in [3.8, 4) is 5.75 Å². The Labute approximate surface area is 173 Å². The van der Waals surface area contributed by atoms with Gasteiger partial charge in [0.1, 0.15) is 11.4 Å². The van der Waals surface area contributed by atoms with Crippen molar-refractivity contribution >= 4 is 17.4 Å². The molecule has 1 fully saturated rings. The molecule has 0 unspecified atom stereocenters. The van der Waals surface area contributed by atoms with E-state index in [1.165, 1.54) is 11.3 Å². The molecule has 6 nitrogen and oxygen atoms in total. The first-order valence-electron chi connectivity index (χ1n) is 10.7. The van der Waals surface area contributed by atoms with Gasteiger partial charge in [-0.25, -0.2) is 0 Å². The summed E-state index contributed by atoms with van der Waals surface area (Å²) in [5, 5.41) is 0. The van der Waals surface area contributed by atoms with Gasteiger partial charge in [-0.2, -0.15) is 0 Å². The molecule has 2 amide bonds. The third-order valence-corrected chi connectivity index (χ3v) is 5.21. The minimum atomic E-state index is -0.204. The van der Waals surface area contributed by atoms with Gasteiger partial charge in [-0.15, -0.1) is 0 Å². The van der Waals surface area contributed by atoms with Gasteiger partial charge < -0.3 is 14.4 Å². The van der Waals surface area contributed by atoms with Crippen LogP contribution in [0.15, 0.2) is 30.0 Å². The number of likely N-dealkylation sites (tertiary alicyclic amines) is 1. The van der Waals surface area contributed by atoms with Crippen molar-refractivity contribution in [1.29, 1.82) is 0 Å². The van der Waals surface area contributed by atoms with Crippen molar-refractivity contribution in [2.45, 2.75) is 52.6 Å². The fourth-order valence-corrected chi connectivity index (χ4v) is 3.88. The van der Waals surface area contributed by atoms with E-state index in [9.17, 15) is 9.59 Å². The van der Waals surface area contributed by atoms with E-state index in [0.29, 0.717) is 37.4 Å². The molecule has 2 aliphatic heterocycles. The molecule has 1 aromatic carbocycles. The Morgan fingerprint density at radius 1 is 1.00 bits per heavy atom. The lowest BCUT2D eigenvalue weighted by molar-refractivity contribution is -0.137. The SMILES string of the molecule is CCOCCCN1C(=O)C(c2ccc(OC(C)C)cc2)=C(N2CCCCC2)C1=O. The van der Waals surface area contributed by atoms with Crippen LogP contribution in [0.1, 0.15) is 52.0 Å². The summed E-state index contributed by atoms with van der Waals surface area (Å²) in [7, 11) is 0. The van der Waals surface area contributed by atoms with Gasteiger partial charge in [0.05, 0.1) is 11.7 Å². The average molecular weight is 401 g/mol. The maximum absolute atomic E-state index is 13.2.